The maximum atomic E-state index is 12.3. The molecule has 7 heteroatoms. The van der Waals surface area contributed by atoms with Gasteiger partial charge >= 0.3 is 12.6 Å². The van der Waals surface area contributed by atoms with Crippen LogP contribution in [0.4, 0.5) is 19.3 Å². The monoisotopic (exact) mass is 314 g/mol. The Kier molecular flexibility index (Phi) is 5.54. The number of carbonyl (C=O) groups excluding carboxylic acids is 1. The van der Waals surface area contributed by atoms with E-state index in [-0.39, 0.29) is 17.9 Å². The van der Waals surface area contributed by atoms with Gasteiger partial charge in [-0.3, -0.25) is 0 Å². The number of carbonyl (C=O) groups is 1. The number of rotatable bonds is 4. The number of hydrogen-bond donors (Lipinski definition) is 3. The van der Waals surface area contributed by atoms with Crippen LogP contribution in [-0.2, 0) is 0 Å². The second kappa shape index (κ2) is 7.40. The molecular weight excluding hydrogens is 294 g/mol. The van der Waals surface area contributed by atoms with Crippen molar-refractivity contribution in [1.82, 2.24) is 5.32 Å². The first-order chi connectivity index (χ1) is 10.5. The number of alkyl halides is 2. The Balaban J connectivity index is 1.94. The predicted molar refractivity (Wildman–Crippen MR) is 78.2 cm³/mol. The highest BCUT2D eigenvalue weighted by molar-refractivity contribution is 5.90. The Morgan fingerprint density at radius 1 is 1.32 bits per heavy atom. The van der Waals surface area contributed by atoms with Crippen LogP contribution in [0.25, 0.3) is 0 Å². The number of ether oxygens (including phenoxy) is 1. The third kappa shape index (κ3) is 4.56. The molecule has 122 valence electrons. The van der Waals surface area contributed by atoms with Crippen molar-refractivity contribution >= 4 is 11.7 Å². The maximum Gasteiger partial charge on any atom is 0.387 e. The van der Waals surface area contributed by atoms with E-state index >= 15 is 0 Å². The minimum Gasteiger partial charge on any atom is -0.434 e. The average molecular weight is 314 g/mol. The Hall–Kier alpha value is -1.89. The van der Waals surface area contributed by atoms with Gasteiger partial charge in [0.25, 0.3) is 0 Å². The molecule has 3 N–H and O–H groups in total. The van der Waals surface area contributed by atoms with Gasteiger partial charge in [-0.2, -0.15) is 8.78 Å². The summed E-state index contributed by atoms with van der Waals surface area (Å²) in [5, 5.41) is 14.9. The quantitative estimate of drug-likeness (QED) is 0.800. The predicted octanol–water partition coefficient (Wildman–Crippen LogP) is 3.02. The van der Waals surface area contributed by atoms with E-state index in [1.807, 2.05) is 0 Å². The highest BCUT2D eigenvalue weighted by atomic mass is 19.3. The first kappa shape index (κ1) is 16.5. The van der Waals surface area contributed by atoms with E-state index in [0.717, 1.165) is 12.8 Å². The van der Waals surface area contributed by atoms with Gasteiger partial charge < -0.3 is 20.5 Å². The summed E-state index contributed by atoms with van der Waals surface area (Å²) in [5.74, 6) is 0.0357. The lowest BCUT2D eigenvalue weighted by Gasteiger charge is -2.26. The second-order valence-corrected chi connectivity index (χ2v) is 5.41. The lowest BCUT2D eigenvalue weighted by molar-refractivity contribution is -0.0502. The van der Waals surface area contributed by atoms with Crippen LogP contribution in [0.5, 0.6) is 5.75 Å². The van der Waals surface area contributed by atoms with Crippen LogP contribution in [0.2, 0.25) is 0 Å². The molecule has 0 saturated heterocycles. The van der Waals surface area contributed by atoms with Gasteiger partial charge in [0.05, 0.1) is 6.10 Å². The normalized spacial score (nSPS) is 21.5. The smallest absolute Gasteiger partial charge is 0.387 e. The summed E-state index contributed by atoms with van der Waals surface area (Å²) >= 11 is 0. The molecule has 2 amide bonds. The number of nitrogens with one attached hydrogen (secondary N) is 2. The molecule has 1 aromatic carbocycles. The molecule has 0 spiro atoms. The molecule has 22 heavy (non-hydrogen) atoms. The van der Waals surface area contributed by atoms with Crippen molar-refractivity contribution in [3.8, 4) is 5.75 Å². The highest BCUT2D eigenvalue weighted by Gasteiger charge is 2.21. The molecule has 2 rings (SSSR count). The van der Waals surface area contributed by atoms with Gasteiger partial charge in [-0.05, 0) is 44.7 Å². The zero-order valence-electron chi connectivity index (χ0n) is 12.3. The average Bonchev–Trinajstić information content (AvgIpc) is 2.45. The van der Waals surface area contributed by atoms with Crippen LogP contribution in [0.1, 0.15) is 31.2 Å². The number of aliphatic hydroxyl groups is 1. The van der Waals surface area contributed by atoms with Crippen LogP contribution < -0.4 is 15.4 Å². The summed E-state index contributed by atoms with van der Waals surface area (Å²) in [6.07, 6.45) is 2.50. The Morgan fingerprint density at radius 2 is 2.00 bits per heavy atom. The molecule has 1 fully saturated rings. The van der Waals surface area contributed by atoms with Crippen LogP contribution >= 0.6 is 0 Å². The Morgan fingerprint density at radius 3 is 2.64 bits per heavy atom. The van der Waals surface area contributed by atoms with Crippen molar-refractivity contribution in [3.63, 3.8) is 0 Å². The zero-order chi connectivity index (χ0) is 16.1. The molecule has 1 aliphatic rings. The number of benzene rings is 1. The van der Waals surface area contributed by atoms with Gasteiger partial charge in [0.15, 0.2) is 0 Å². The topological polar surface area (TPSA) is 70.6 Å². The SMILES string of the molecule is Cc1c(NC(=O)NC2CCC(O)CC2)cccc1OC(F)F. The lowest BCUT2D eigenvalue weighted by atomic mass is 9.93. The minimum absolute atomic E-state index is 0.0178. The van der Waals surface area contributed by atoms with E-state index in [4.69, 9.17) is 0 Å². The summed E-state index contributed by atoms with van der Waals surface area (Å²) in [5.41, 5.74) is 0.864. The zero-order valence-corrected chi connectivity index (χ0v) is 12.3. The summed E-state index contributed by atoms with van der Waals surface area (Å²) in [4.78, 5) is 12.0. The lowest BCUT2D eigenvalue weighted by Crippen LogP contribution is -2.41. The fourth-order valence-electron chi connectivity index (χ4n) is 2.54. The highest BCUT2D eigenvalue weighted by Crippen LogP contribution is 2.27. The molecule has 1 saturated carbocycles. The molecule has 0 unspecified atom stereocenters. The number of halogens is 2. The van der Waals surface area contributed by atoms with E-state index in [0.29, 0.717) is 24.1 Å². The molecule has 0 radical (unpaired) electrons. The first-order valence-electron chi connectivity index (χ1n) is 7.25. The molecule has 0 heterocycles. The van der Waals surface area contributed by atoms with E-state index in [1.165, 1.54) is 12.1 Å². The van der Waals surface area contributed by atoms with Gasteiger partial charge in [-0.1, -0.05) is 6.07 Å². The van der Waals surface area contributed by atoms with Gasteiger partial charge in [0, 0.05) is 17.3 Å². The van der Waals surface area contributed by atoms with Crippen LogP contribution in [0, 0.1) is 6.92 Å². The molecular formula is C15H20F2N2O3. The van der Waals surface area contributed by atoms with Crippen LogP contribution in [0.15, 0.2) is 18.2 Å². The fourth-order valence-corrected chi connectivity index (χ4v) is 2.54. The van der Waals surface area contributed by atoms with Gasteiger partial charge in [0.1, 0.15) is 5.75 Å². The molecule has 0 atom stereocenters. The Labute approximate surface area is 127 Å². The van der Waals surface area contributed by atoms with E-state index in [2.05, 4.69) is 15.4 Å². The Bertz CT molecular complexity index is 518. The van der Waals surface area contributed by atoms with E-state index in [9.17, 15) is 18.7 Å². The molecule has 1 aliphatic carbocycles. The minimum atomic E-state index is -2.91. The fraction of sp³-hybridized carbons (Fsp3) is 0.533. The van der Waals surface area contributed by atoms with Crippen LogP contribution in [0.3, 0.4) is 0 Å². The van der Waals surface area contributed by atoms with Crippen molar-refractivity contribution in [2.24, 2.45) is 0 Å². The first-order valence-corrected chi connectivity index (χ1v) is 7.25. The standard InChI is InChI=1S/C15H20F2N2O3/c1-9-12(3-2-4-13(9)22-14(16)17)19-15(21)18-10-5-7-11(20)8-6-10/h2-4,10-11,14,20H,5-8H2,1H3,(H2,18,19,21). The summed E-state index contributed by atoms with van der Waals surface area (Å²) in [7, 11) is 0. The van der Waals surface area contributed by atoms with Gasteiger partial charge in [0.2, 0.25) is 0 Å². The number of hydrogen-bond acceptors (Lipinski definition) is 3. The van der Waals surface area contributed by atoms with E-state index < -0.39 is 12.6 Å². The number of amides is 2. The number of urea groups is 1. The molecule has 0 aromatic heterocycles. The van der Waals surface area contributed by atoms with Gasteiger partial charge in [-0.15, -0.1) is 0 Å². The maximum absolute atomic E-state index is 12.3. The molecule has 0 bridgehead atoms. The van der Waals surface area contributed by atoms with Crippen molar-refractivity contribution < 1.29 is 23.4 Å². The molecule has 1 aromatic rings. The van der Waals surface area contributed by atoms with Crippen molar-refractivity contribution in [2.75, 3.05) is 5.32 Å². The molecule has 5 nitrogen and oxygen atoms in total. The second-order valence-electron chi connectivity index (χ2n) is 5.41. The van der Waals surface area contributed by atoms with Crippen molar-refractivity contribution in [1.29, 1.82) is 0 Å². The number of anilines is 1. The van der Waals surface area contributed by atoms with Crippen molar-refractivity contribution in [2.45, 2.75) is 51.4 Å². The summed E-state index contributed by atoms with van der Waals surface area (Å²) in [6.45, 7) is -1.30. The third-order valence-corrected chi connectivity index (χ3v) is 3.78. The largest absolute Gasteiger partial charge is 0.434 e. The van der Waals surface area contributed by atoms with Crippen LogP contribution in [-0.4, -0.2) is 29.9 Å². The summed E-state index contributed by atoms with van der Waals surface area (Å²) < 4.78 is 29.0. The van der Waals surface area contributed by atoms with Crippen molar-refractivity contribution in [3.05, 3.63) is 23.8 Å². The van der Waals surface area contributed by atoms with E-state index in [1.54, 1.807) is 13.0 Å². The summed E-state index contributed by atoms with van der Waals surface area (Å²) in [6, 6.07) is 4.21. The molecule has 0 aliphatic heterocycles. The number of aliphatic hydroxyl groups excluding tert-OH is 1. The third-order valence-electron chi connectivity index (χ3n) is 3.78. The van der Waals surface area contributed by atoms with Gasteiger partial charge in [-0.25, -0.2) is 4.79 Å².